The van der Waals surface area contributed by atoms with Gasteiger partial charge in [0, 0.05) is 13.0 Å². The minimum Gasteiger partial charge on any atom is -0.469 e. The Morgan fingerprint density at radius 2 is 1.88 bits per heavy atom. The lowest BCUT2D eigenvalue weighted by Gasteiger charge is -2.00. The largest absolute Gasteiger partial charge is 0.469 e. The van der Waals surface area contributed by atoms with E-state index in [0.29, 0.717) is 18.9 Å². The van der Waals surface area contributed by atoms with Gasteiger partial charge in [0.15, 0.2) is 0 Å². The predicted molar refractivity (Wildman–Crippen MR) is 70.4 cm³/mol. The molecule has 1 aromatic rings. The molecule has 2 N–H and O–H groups in total. The monoisotopic (exact) mass is 237 g/mol. The summed E-state index contributed by atoms with van der Waals surface area (Å²) in [7, 11) is 1.42. The molecule has 0 atom stereocenters. The second-order valence-corrected chi connectivity index (χ2v) is 4.20. The quantitative estimate of drug-likeness (QED) is 0.819. The summed E-state index contributed by atoms with van der Waals surface area (Å²) in [6.07, 6.45) is 1.47. The Morgan fingerprint density at radius 3 is 2.24 bits per heavy atom. The first kappa shape index (κ1) is 15.7. The van der Waals surface area contributed by atoms with Gasteiger partial charge < -0.3 is 10.5 Å². The second-order valence-electron chi connectivity index (χ2n) is 4.20. The molecule has 1 aromatic carbocycles. The van der Waals surface area contributed by atoms with E-state index in [1.165, 1.54) is 12.7 Å². The zero-order valence-electron chi connectivity index (χ0n) is 11.0. The highest BCUT2D eigenvalue weighted by atomic mass is 16.5. The summed E-state index contributed by atoms with van der Waals surface area (Å²) in [6, 6.07) is 9.99. The van der Waals surface area contributed by atoms with Crippen LogP contribution in [0.2, 0.25) is 0 Å². The number of carbonyl (C=O) groups excluding carboxylic acids is 1. The van der Waals surface area contributed by atoms with E-state index in [1.807, 2.05) is 30.3 Å². The topological polar surface area (TPSA) is 52.3 Å². The Labute approximate surface area is 104 Å². The molecule has 0 fully saturated rings. The Morgan fingerprint density at radius 1 is 1.29 bits per heavy atom. The summed E-state index contributed by atoms with van der Waals surface area (Å²) in [5, 5.41) is 0. The lowest BCUT2D eigenvalue weighted by atomic mass is 10.1. The van der Waals surface area contributed by atoms with Gasteiger partial charge in [0.2, 0.25) is 0 Å². The van der Waals surface area contributed by atoms with Crippen molar-refractivity contribution >= 4 is 5.97 Å². The van der Waals surface area contributed by atoms with Crippen LogP contribution < -0.4 is 5.73 Å². The second kappa shape index (κ2) is 9.85. The van der Waals surface area contributed by atoms with Crippen LogP contribution in [0.15, 0.2) is 30.3 Å². The van der Waals surface area contributed by atoms with Gasteiger partial charge in [0.05, 0.1) is 7.11 Å². The molecule has 0 bridgehead atoms. The zero-order valence-corrected chi connectivity index (χ0v) is 11.0. The van der Waals surface area contributed by atoms with Crippen LogP contribution in [0.5, 0.6) is 0 Å². The molecule has 0 amide bonds. The third-order valence-corrected chi connectivity index (χ3v) is 2.23. The van der Waals surface area contributed by atoms with Crippen LogP contribution in [0.4, 0.5) is 0 Å². The van der Waals surface area contributed by atoms with Crippen molar-refractivity contribution in [3.05, 3.63) is 35.9 Å². The molecule has 0 saturated heterocycles. The van der Waals surface area contributed by atoms with Crippen molar-refractivity contribution in [1.82, 2.24) is 0 Å². The van der Waals surface area contributed by atoms with Crippen molar-refractivity contribution in [3.63, 3.8) is 0 Å². The average Bonchev–Trinajstić information content (AvgIpc) is 2.37. The minimum atomic E-state index is -0.108. The van der Waals surface area contributed by atoms with Crippen molar-refractivity contribution < 1.29 is 9.53 Å². The lowest BCUT2D eigenvalue weighted by molar-refractivity contribution is -0.140. The summed E-state index contributed by atoms with van der Waals surface area (Å²) in [5.74, 6) is 0.479. The lowest BCUT2D eigenvalue weighted by Crippen LogP contribution is -2.01. The van der Waals surface area contributed by atoms with Gasteiger partial charge in [-0.2, -0.15) is 0 Å². The molecule has 0 radical (unpaired) electrons. The molecule has 0 heterocycles. The predicted octanol–water partition coefficient (Wildman–Crippen LogP) is 2.74. The Hall–Kier alpha value is -1.35. The van der Waals surface area contributed by atoms with E-state index >= 15 is 0 Å². The van der Waals surface area contributed by atoms with Gasteiger partial charge in [-0.25, -0.2) is 0 Å². The fraction of sp³-hybridized carbons (Fsp3) is 0.500. The number of rotatable bonds is 4. The van der Waals surface area contributed by atoms with Gasteiger partial charge in [-0.3, -0.25) is 4.79 Å². The number of nitrogens with two attached hydrogens (primary N) is 1. The maximum Gasteiger partial charge on any atom is 0.305 e. The summed E-state index contributed by atoms with van der Waals surface area (Å²) in [6.45, 7) is 4.81. The number of esters is 1. The fourth-order valence-corrected chi connectivity index (χ4v) is 1.12. The third kappa shape index (κ3) is 9.57. The average molecular weight is 237 g/mol. The third-order valence-electron chi connectivity index (χ3n) is 2.23. The first-order valence-electron chi connectivity index (χ1n) is 5.91. The summed E-state index contributed by atoms with van der Waals surface area (Å²) in [5.41, 5.74) is 6.54. The molecule has 0 aromatic heterocycles. The summed E-state index contributed by atoms with van der Waals surface area (Å²) >= 11 is 0. The van der Waals surface area contributed by atoms with Crippen LogP contribution in [0.3, 0.4) is 0 Å². The van der Waals surface area contributed by atoms with Gasteiger partial charge in [-0.05, 0) is 17.9 Å². The number of carbonyl (C=O) groups is 1. The molecular formula is C14H23NO2. The molecule has 0 saturated carbocycles. The van der Waals surface area contributed by atoms with Gasteiger partial charge in [0.1, 0.15) is 0 Å². The van der Waals surface area contributed by atoms with Crippen LogP contribution in [-0.2, 0) is 16.1 Å². The smallest absolute Gasteiger partial charge is 0.305 e. The van der Waals surface area contributed by atoms with Crippen molar-refractivity contribution in [2.45, 2.75) is 33.2 Å². The molecule has 0 aliphatic rings. The normalized spacial score (nSPS) is 9.47. The van der Waals surface area contributed by atoms with Gasteiger partial charge in [-0.15, -0.1) is 0 Å². The molecule has 0 spiro atoms. The molecule has 3 nitrogen and oxygen atoms in total. The summed E-state index contributed by atoms with van der Waals surface area (Å²) in [4.78, 5) is 10.5. The van der Waals surface area contributed by atoms with Crippen LogP contribution in [0.25, 0.3) is 0 Å². The van der Waals surface area contributed by atoms with E-state index in [4.69, 9.17) is 5.73 Å². The number of hydrogen-bond acceptors (Lipinski definition) is 3. The highest BCUT2D eigenvalue weighted by Crippen LogP contribution is 2.03. The standard InChI is InChI=1S/C7H9N.C7H14O2/c8-6-7-4-2-1-3-5-7;1-6(2)4-5-7(8)9-3/h1-5H,6,8H2;6H,4-5H2,1-3H3. The molecule has 0 unspecified atom stereocenters. The molecule has 3 heteroatoms. The van der Waals surface area contributed by atoms with Crippen molar-refractivity contribution in [2.24, 2.45) is 11.7 Å². The van der Waals surface area contributed by atoms with E-state index in [2.05, 4.69) is 18.6 Å². The molecule has 96 valence electrons. The van der Waals surface area contributed by atoms with E-state index in [1.54, 1.807) is 0 Å². The zero-order chi connectivity index (χ0) is 13.1. The molecule has 0 aliphatic heterocycles. The SMILES string of the molecule is COC(=O)CCC(C)C.NCc1ccccc1. The van der Waals surface area contributed by atoms with Crippen LogP contribution >= 0.6 is 0 Å². The van der Waals surface area contributed by atoms with Crippen molar-refractivity contribution in [1.29, 1.82) is 0 Å². The number of methoxy groups -OCH3 is 1. The Kier molecular flexibility index (Phi) is 9.06. The van der Waals surface area contributed by atoms with E-state index < -0.39 is 0 Å². The molecule has 1 rings (SSSR count). The van der Waals surface area contributed by atoms with Gasteiger partial charge in [-0.1, -0.05) is 44.2 Å². The van der Waals surface area contributed by atoms with Crippen molar-refractivity contribution in [2.75, 3.05) is 7.11 Å². The highest BCUT2D eigenvalue weighted by molar-refractivity contribution is 5.69. The maximum atomic E-state index is 10.5. The first-order chi connectivity index (χ1) is 8.10. The minimum absolute atomic E-state index is 0.108. The van der Waals surface area contributed by atoms with E-state index in [-0.39, 0.29) is 5.97 Å². The van der Waals surface area contributed by atoms with E-state index in [0.717, 1.165) is 6.42 Å². The maximum absolute atomic E-state index is 10.5. The van der Waals surface area contributed by atoms with Crippen molar-refractivity contribution in [3.8, 4) is 0 Å². The van der Waals surface area contributed by atoms with Crippen LogP contribution in [0.1, 0.15) is 32.3 Å². The van der Waals surface area contributed by atoms with Gasteiger partial charge >= 0.3 is 5.97 Å². The fourth-order valence-electron chi connectivity index (χ4n) is 1.12. The molecule has 17 heavy (non-hydrogen) atoms. The van der Waals surface area contributed by atoms with Gasteiger partial charge in [0.25, 0.3) is 0 Å². The Balaban J connectivity index is 0.000000302. The molecular weight excluding hydrogens is 214 g/mol. The highest BCUT2D eigenvalue weighted by Gasteiger charge is 2.00. The number of benzene rings is 1. The molecule has 0 aliphatic carbocycles. The Bertz CT molecular complexity index is 296. The van der Waals surface area contributed by atoms with E-state index in [9.17, 15) is 4.79 Å². The number of hydrogen-bond donors (Lipinski definition) is 1. The van der Waals surface area contributed by atoms with Crippen LogP contribution in [-0.4, -0.2) is 13.1 Å². The summed E-state index contributed by atoms with van der Waals surface area (Å²) < 4.78 is 4.46. The first-order valence-corrected chi connectivity index (χ1v) is 5.91. The van der Waals surface area contributed by atoms with Crippen LogP contribution in [0, 0.1) is 5.92 Å². The number of ether oxygens (including phenoxy) is 1.